The Hall–Kier alpha value is -3.54. The lowest BCUT2D eigenvalue weighted by Gasteiger charge is -2.27. The molecular weight excluding hydrogens is 354 g/mol. The first-order valence-electron chi connectivity index (χ1n) is 9.15. The highest BCUT2D eigenvalue weighted by Crippen LogP contribution is 2.30. The molecule has 1 N–H and O–H groups in total. The molecule has 2 aromatic carbocycles. The van der Waals surface area contributed by atoms with Crippen LogP contribution in [0.25, 0.3) is 10.8 Å². The monoisotopic (exact) mass is 373 g/mol. The van der Waals surface area contributed by atoms with Gasteiger partial charge in [0.2, 0.25) is 5.91 Å². The van der Waals surface area contributed by atoms with E-state index in [0.717, 1.165) is 10.9 Å². The van der Waals surface area contributed by atoms with Crippen molar-refractivity contribution in [3.8, 4) is 0 Å². The maximum absolute atomic E-state index is 12.8. The van der Waals surface area contributed by atoms with E-state index >= 15 is 0 Å². The van der Waals surface area contributed by atoms with Crippen LogP contribution in [0.15, 0.2) is 54.7 Å². The molecule has 2 heterocycles. The predicted octanol–water partition coefficient (Wildman–Crippen LogP) is 3.56. The van der Waals surface area contributed by atoms with Crippen molar-refractivity contribution in [1.29, 1.82) is 0 Å². The number of pyridine rings is 1. The van der Waals surface area contributed by atoms with Crippen LogP contribution in [0.4, 0.5) is 5.82 Å². The molecule has 0 saturated carbocycles. The summed E-state index contributed by atoms with van der Waals surface area (Å²) >= 11 is 0. The topological polar surface area (TPSA) is 79.4 Å². The molecule has 0 radical (unpaired) electrons. The molecule has 140 valence electrons. The molecule has 4 rings (SSSR count). The number of aryl methyl sites for hydroxylation is 1. The molecule has 0 fully saturated rings. The van der Waals surface area contributed by atoms with Gasteiger partial charge in [-0.05, 0) is 48.6 Å². The number of benzene rings is 2. The Balaban J connectivity index is 1.44. The largest absolute Gasteiger partial charge is 0.311 e. The van der Waals surface area contributed by atoms with E-state index in [9.17, 15) is 14.4 Å². The smallest absolute Gasteiger partial charge is 0.261 e. The molecule has 6 nitrogen and oxygen atoms in total. The van der Waals surface area contributed by atoms with Gasteiger partial charge < -0.3 is 5.32 Å². The second kappa shape index (κ2) is 7.23. The lowest BCUT2D eigenvalue weighted by molar-refractivity contribution is -0.116. The molecule has 3 aromatic rings. The van der Waals surface area contributed by atoms with Gasteiger partial charge in [-0.2, -0.15) is 0 Å². The van der Waals surface area contributed by atoms with E-state index in [1.54, 1.807) is 24.4 Å². The van der Waals surface area contributed by atoms with Gasteiger partial charge in [-0.3, -0.25) is 19.3 Å². The van der Waals surface area contributed by atoms with Crippen molar-refractivity contribution in [2.75, 3.05) is 11.9 Å². The van der Waals surface area contributed by atoms with Crippen LogP contribution in [0.3, 0.4) is 0 Å². The Bertz CT molecular complexity index is 1060. The van der Waals surface area contributed by atoms with Crippen LogP contribution in [-0.4, -0.2) is 34.2 Å². The number of carbonyl (C=O) groups is 3. The van der Waals surface area contributed by atoms with E-state index in [0.29, 0.717) is 28.8 Å². The molecule has 0 atom stereocenters. The minimum atomic E-state index is -0.310. The van der Waals surface area contributed by atoms with Crippen molar-refractivity contribution in [2.45, 2.75) is 19.8 Å². The fourth-order valence-electron chi connectivity index (χ4n) is 3.49. The van der Waals surface area contributed by atoms with Crippen molar-refractivity contribution in [3.05, 3.63) is 71.4 Å². The Morgan fingerprint density at radius 1 is 1.04 bits per heavy atom. The Labute approximate surface area is 162 Å². The minimum Gasteiger partial charge on any atom is -0.311 e. The molecule has 1 aromatic heterocycles. The molecule has 28 heavy (non-hydrogen) atoms. The van der Waals surface area contributed by atoms with Crippen LogP contribution < -0.4 is 5.32 Å². The van der Waals surface area contributed by atoms with Crippen LogP contribution in [-0.2, 0) is 4.79 Å². The average Bonchev–Trinajstić information content (AvgIpc) is 2.68. The average molecular weight is 373 g/mol. The lowest BCUT2D eigenvalue weighted by Crippen LogP contribution is -2.41. The van der Waals surface area contributed by atoms with E-state index in [1.165, 1.54) is 4.90 Å². The normalized spacial score (nSPS) is 13.1. The highest BCUT2D eigenvalue weighted by molar-refractivity contribution is 6.25. The van der Waals surface area contributed by atoms with Gasteiger partial charge in [-0.15, -0.1) is 0 Å². The van der Waals surface area contributed by atoms with E-state index in [2.05, 4.69) is 10.3 Å². The highest BCUT2D eigenvalue weighted by atomic mass is 16.2. The molecule has 0 spiro atoms. The van der Waals surface area contributed by atoms with Gasteiger partial charge in [-0.25, -0.2) is 4.98 Å². The number of aromatic nitrogens is 1. The summed E-state index contributed by atoms with van der Waals surface area (Å²) in [5, 5.41) is 4.32. The second-order valence-electron chi connectivity index (χ2n) is 6.84. The van der Waals surface area contributed by atoms with Crippen LogP contribution in [0.5, 0.6) is 0 Å². The molecule has 0 saturated heterocycles. The summed E-state index contributed by atoms with van der Waals surface area (Å²) in [5.74, 6) is -0.321. The molecule has 3 amide bonds. The van der Waals surface area contributed by atoms with Crippen molar-refractivity contribution in [2.24, 2.45) is 0 Å². The third-order valence-electron chi connectivity index (χ3n) is 4.82. The summed E-state index contributed by atoms with van der Waals surface area (Å²) in [6.07, 6.45) is 2.21. The predicted molar refractivity (Wildman–Crippen MR) is 106 cm³/mol. The summed E-state index contributed by atoms with van der Waals surface area (Å²) in [5.41, 5.74) is 2.06. The summed E-state index contributed by atoms with van der Waals surface area (Å²) < 4.78 is 0. The van der Waals surface area contributed by atoms with E-state index in [4.69, 9.17) is 0 Å². The number of rotatable bonds is 5. The number of hydrogen-bond acceptors (Lipinski definition) is 4. The van der Waals surface area contributed by atoms with Crippen LogP contribution in [0.2, 0.25) is 0 Å². The molecule has 0 unspecified atom stereocenters. The lowest BCUT2D eigenvalue weighted by atomic mass is 9.94. The highest BCUT2D eigenvalue weighted by Gasteiger charge is 2.32. The summed E-state index contributed by atoms with van der Waals surface area (Å²) in [6.45, 7) is 2.11. The van der Waals surface area contributed by atoms with E-state index in [-0.39, 0.29) is 30.7 Å². The first kappa shape index (κ1) is 17.9. The number of anilines is 1. The van der Waals surface area contributed by atoms with Crippen molar-refractivity contribution < 1.29 is 14.4 Å². The number of nitrogens with one attached hydrogen (secondary N) is 1. The third-order valence-corrected chi connectivity index (χ3v) is 4.82. The number of carbonyl (C=O) groups excluding carboxylic acids is 3. The van der Waals surface area contributed by atoms with Crippen molar-refractivity contribution in [1.82, 2.24) is 9.88 Å². The molecule has 6 heteroatoms. The maximum Gasteiger partial charge on any atom is 0.261 e. The van der Waals surface area contributed by atoms with Crippen LogP contribution in [0.1, 0.15) is 39.1 Å². The first-order chi connectivity index (χ1) is 13.5. The molecule has 1 aliphatic rings. The minimum absolute atomic E-state index is 0.192. The fraction of sp³-hybridized carbons (Fsp3) is 0.182. The van der Waals surface area contributed by atoms with Gasteiger partial charge in [0.25, 0.3) is 11.8 Å². The van der Waals surface area contributed by atoms with Crippen molar-refractivity contribution in [3.63, 3.8) is 0 Å². The van der Waals surface area contributed by atoms with Gasteiger partial charge in [0.05, 0.1) is 0 Å². The number of imide groups is 1. The van der Waals surface area contributed by atoms with E-state index < -0.39 is 0 Å². The Morgan fingerprint density at radius 2 is 1.71 bits per heavy atom. The van der Waals surface area contributed by atoms with Gasteiger partial charge in [0.15, 0.2) is 0 Å². The molecule has 0 aliphatic carbocycles. The quantitative estimate of drug-likeness (QED) is 0.694. The third kappa shape index (κ3) is 3.24. The zero-order valence-corrected chi connectivity index (χ0v) is 15.4. The standard InChI is InChI=1S/C22H19N3O3/c1-14-10-11-23-18(13-14)24-19(26)9-4-12-25-21(27)16-7-2-5-15-6-3-8-17(20(15)16)22(25)28/h2-3,5-8,10-11,13H,4,9,12H2,1H3,(H,23,24,26). The second-order valence-corrected chi connectivity index (χ2v) is 6.84. The summed E-state index contributed by atoms with van der Waals surface area (Å²) in [4.78, 5) is 43.1. The Morgan fingerprint density at radius 3 is 2.36 bits per heavy atom. The Kier molecular flexibility index (Phi) is 4.61. The van der Waals surface area contributed by atoms with Gasteiger partial charge in [0.1, 0.15) is 5.82 Å². The number of nitrogens with zero attached hydrogens (tertiary/aromatic N) is 2. The zero-order valence-electron chi connectivity index (χ0n) is 15.4. The number of hydrogen-bond donors (Lipinski definition) is 1. The zero-order chi connectivity index (χ0) is 19.7. The fourth-order valence-corrected chi connectivity index (χ4v) is 3.49. The van der Waals surface area contributed by atoms with Crippen LogP contribution >= 0.6 is 0 Å². The SMILES string of the molecule is Cc1ccnc(NC(=O)CCCN2C(=O)c3cccc4cccc(c34)C2=O)c1. The van der Waals surface area contributed by atoms with E-state index in [1.807, 2.05) is 37.3 Å². The molecule has 1 aliphatic heterocycles. The van der Waals surface area contributed by atoms with Gasteiger partial charge >= 0.3 is 0 Å². The van der Waals surface area contributed by atoms with Gasteiger partial charge in [-0.1, -0.05) is 24.3 Å². The summed E-state index contributed by atoms with van der Waals surface area (Å²) in [6, 6.07) is 14.5. The van der Waals surface area contributed by atoms with Gasteiger partial charge in [0, 0.05) is 35.7 Å². The first-order valence-corrected chi connectivity index (χ1v) is 9.15. The molecule has 0 bridgehead atoms. The van der Waals surface area contributed by atoms with Crippen molar-refractivity contribution >= 4 is 34.3 Å². The maximum atomic E-state index is 12.8. The number of amides is 3. The summed E-state index contributed by atoms with van der Waals surface area (Å²) in [7, 11) is 0. The molecular formula is C22H19N3O3. The van der Waals surface area contributed by atoms with Crippen LogP contribution in [0, 0.1) is 6.92 Å².